The van der Waals surface area contributed by atoms with Crippen LogP contribution in [-0.4, -0.2) is 71.7 Å². The minimum absolute atomic E-state index is 0.180. The molecule has 0 saturated carbocycles. The summed E-state index contributed by atoms with van der Waals surface area (Å²) in [6.45, 7) is 23.6. The monoisotopic (exact) mass is 465 g/mol. The molecular weight excluding hydrogens is 414 g/mol. The van der Waals surface area contributed by atoms with Gasteiger partial charge in [0.15, 0.2) is 0 Å². The minimum Gasteiger partial charge on any atom is -0.342 e. The Balaban J connectivity index is 0.000000249. The largest absolute Gasteiger partial charge is 0.342 e. The zero-order chi connectivity index (χ0) is 25.4. The molecule has 3 saturated heterocycles. The molecule has 0 atom stereocenters. The van der Waals surface area contributed by atoms with E-state index < -0.39 is 0 Å². The SMILES string of the molecule is CC(C)(C)C(=O)N1CCC1.CC(C)(C)C(=O)N1CCCC1.CC(C)(C)C(=O)N1CCCCC1. The van der Waals surface area contributed by atoms with Gasteiger partial charge in [-0.1, -0.05) is 62.3 Å². The van der Waals surface area contributed by atoms with Crippen LogP contribution in [0.1, 0.15) is 101 Å². The number of nitrogens with zero attached hydrogens (tertiary/aromatic N) is 3. The Morgan fingerprint density at radius 2 is 0.606 bits per heavy atom. The summed E-state index contributed by atoms with van der Waals surface area (Å²) < 4.78 is 0. The highest BCUT2D eigenvalue weighted by molar-refractivity contribution is 5.82. The van der Waals surface area contributed by atoms with Gasteiger partial charge in [-0.2, -0.15) is 0 Å². The van der Waals surface area contributed by atoms with E-state index >= 15 is 0 Å². The van der Waals surface area contributed by atoms with E-state index in [-0.39, 0.29) is 16.2 Å². The van der Waals surface area contributed by atoms with Gasteiger partial charge >= 0.3 is 0 Å². The molecule has 0 aromatic heterocycles. The van der Waals surface area contributed by atoms with E-state index in [0.29, 0.717) is 17.7 Å². The number of rotatable bonds is 0. The average Bonchev–Trinajstić information content (AvgIpc) is 3.19. The van der Waals surface area contributed by atoms with Crippen molar-refractivity contribution in [3.63, 3.8) is 0 Å². The molecule has 0 unspecified atom stereocenters. The number of hydrogen-bond acceptors (Lipinski definition) is 3. The summed E-state index contributed by atoms with van der Waals surface area (Å²) in [5, 5.41) is 0. The number of piperidine rings is 1. The fourth-order valence-electron chi connectivity index (χ4n) is 3.96. The van der Waals surface area contributed by atoms with Crippen LogP contribution in [0.25, 0.3) is 0 Å². The van der Waals surface area contributed by atoms with Gasteiger partial charge < -0.3 is 14.7 Å². The van der Waals surface area contributed by atoms with Crippen LogP contribution in [0, 0.1) is 16.2 Å². The van der Waals surface area contributed by atoms with Crippen LogP contribution in [0.15, 0.2) is 0 Å². The van der Waals surface area contributed by atoms with E-state index in [1.54, 1.807) is 0 Å². The second-order valence-electron chi connectivity index (χ2n) is 12.7. The van der Waals surface area contributed by atoms with Crippen molar-refractivity contribution < 1.29 is 14.4 Å². The fraction of sp³-hybridized carbons (Fsp3) is 0.889. The van der Waals surface area contributed by atoms with Crippen LogP contribution in [0.5, 0.6) is 0 Å². The summed E-state index contributed by atoms with van der Waals surface area (Å²) in [6, 6.07) is 0. The van der Waals surface area contributed by atoms with Crippen molar-refractivity contribution in [2.45, 2.75) is 101 Å². The predicted octanol–water partition coefficient (Wildman–Crippen LogP) is 4.96. The standard InChI is InChI=1S/C10H19NO.C9H17NO.C8H15NO/c1-10(2,3)9(12)11-7-5-4-6-8-11;1-9(2,3)8(11)10-6-4-5-7-10;1-8(2,3)7(10)9-5-4-6-9/h4-8H2,1-3H3;4-7H2,1-3H3;4-6H2,1-3H3. The molecule has 3 heterocycles. The summed E-state index contributed by atoms with van der Waals surface area (Å²) in [7, 11) is 0. The van der Waals surface area contributed by atoms with Gasteiger partial charge in [0.1, 0.15) is 0 Å². The maximum Gasteiger partial charge on any atom is 0.227 e. The molecular formula is C27H51N3O3. The first-order valence-electron chi connectivity index (χ1n) is 12.9. The average molecular weight is 466 g/mol. The number of carbonyl (C=O) groups excluding carboxylic acids is 3. The second-order valence-corrected chi connectivity index (χ2v) is 12.7. The molecule has 0 N–H and O–H groups in total. The molecule has 0 spiro atoms. The van der Waals surface area contributed by atoms with Gasteiger partial charge in [-0.3, -0.25) is 14.4 Å². The van der Waals surface area contributed by atoms with Crippen LogP contribution in [-0.2, 0) is 14.4 Å². The Labute approximate surface area is 203 Å². The Kier molecular flexibility index (Phi) is 10.9. The first-order valence-corrected chi connectivity index (χ1v) is 12.9. The quantitative estimate of drug-likeness (QED) is 0.508. The van der Waals surface area contributed by atoms with Crippen molar-refractivity contribution in [3.05, 3.63) is 0 Å². The second kappa shape index (κ2) is 12.2. The van der Waals surface area contributed by atoms with Crippen LogP contribution in [0.3, 0.4) is 0 Å². The lowest BCUT2D eigenvalue weighted by molar-refractivity contribution is -0.143. The topological polar surface area (TPSA) is 60.9 Å². The molecule has 6 heteroatoms. The van der Waals surface area contributed by atoms with Crippen LogP contribution >= 0.6 is 0 Å². The first-order chi connectivity index (χ1) is 15.0. The van der Waals surface area contributed by atoms with Gasteiger partial charge in [-0.15, -0.1) is 0 Å². The van der Waals surface area contributed by atoms with Gasteiger partial charge in [0, 0.05) is 55.5 Å². The van der Waals surface area contributed by atoms with E-state index in [0.717, 1.165) is 39.3 Å². The van der Waals surface area contributed by atoms with E-state index in [2.05, 4.69) is 0 Å². The molecule has 0 radical (unpaired) electrons. The molecule has 3 aliphatic rings. The zero-order valence-electron chi connectivity index (χ0n) is 23.1. The normalized spacial score (nSPS) is 19.0. The van der Waals surface area contributed by atoms with Crippen LogP contribution in [0.4, 0.5) is 0 Å². The van der Waals surface area contributed by atoms with E-state index in [1.165, 1.54) is 38.5 Å². The van der Waals surface area contributed by atoms with Gasteiger partial charge in [-0.05, 0) is 38.5 Å². The number of carbonyl (C=O) groups is 3. The number of amides is 3. The molecule has 0 aromatic carbocycles. The first kappa shape index (κ1) is 29.4. The Hall–Kier alpha value is -1.59. The van der Waals surface area contributed by atoms with Gasteiger partial charge in [0.05, 0.1) is 0 Å². The van der Waals surface area contributed by atoms with Crippen molar-refractivity contribution in [1.82, 2.24) is 14.7 Å². The third-order valence-electron chi connectivity index (χ3n) is 6.10. The third-order valence-corrected chi connectivity index (χ3v) is 6.10. The molecule has 6 nitrogen and oxygen atoms in total. The summed E-state index contributed by atoms with van der Waals surface area (Å²) >= 11 is 0. The smallest absolute Gasteiger partial charge is 0.227 e. The van der Waals surface area contributed by atoms with Crippen molar-refractivity contribution in [1.29, 1.82) is 0 Å². The zero-order valence-corrected chi connectivity index (χ0v) is 23.1. The minimum atomic E-state index is -0.197. The molecule has 0 bridgehead atoms. The summed E-state index contributed by atoms with van der Waals surface area (Å²) in [5.41, 5.74) is -0.567. The highest BCUT2D eigenvalue weighted by atomic mass is 16.2. The molecule has 33 heavy (non-hydrogen) atoms. The summed E-state index contributed by atoms with van der Waals surface area (Å²) in [4.78, 5) is 40.6. The van der Waals surface area contributed by atoms with E-state index in [9.17, 15) is 14.4 Å². The number of likely N-dealkylation sites (tertiary alicyclic amines) is 3. The van der Waals surface area contributed by atoms with E-state index in [4.69, 9.17) is 0 Å². The summed E-state index contributed by atoms with van der Waals surface area (Å²) in [6.07, 6.45) is 7.20. The molecule has 0 aromatic rings. The van der Waals surface area contributed by atoms with E-state index in [1.807, 2.05) is 77.0 Å². The third kappa shape index (κ3) is 10.1. The molecule has 3 amide bonds. The lowest BCUT2D eigenvalue weighted by atomic mass is 9.93. The van der Waals surface area contributed by atoms with Gasteiger partial charge in [0.25, 0.3) is 0 Å². The van der Waals surface area contributed by atoms with Crippen molar-refractivity contribution in [3.8, 4) is 0 Å². The molecule has 3 aliphatic heterocycles. The van der Waals surface area contributed by atoms with Crippen molar-refractivity contribution in [2.75, 3.05) is 39.3 Å². The molecule has 192 valence electrons. The Bertz CT molecular complexity index is 637. The van der Waals surface area contributed by atoms with Crippen LogP contribution < -0.4 is 0 Å². The molecule has 3 fully saturated rings. The van der Waals surface area contributed by atoms with Crippen molar-refractivity contribution in [2.24, 2.45) is 16.2 Å². The molecule has 0 aliphatic carbocycles. The molecule has 3 rings (SSSR count). The van der Waals surface area contributed by atoms with Gasteiger partial charge in [0.2, 0.25) is 17.7 Å². The predicted molar refractivity (Wildman–Crippen MR) is 136 cm³/mol. The fourth-order valence-corrected chi connectivity index (χ4v) is 3.96. The lowest BCUT2D eigenvalue weighted by Crippen LogP contribution is -2.47. The summed E-state index contributed by atoms with van der Waals surface area (Å²) in [5.74, 6) is 0.899. The van der Waals surface area contributed by atoms with Gasteiger partial charge in [-0.25, -0.2) is 0 Å². The highest BCUT2D eigenvalue weighted by Crippen LogP contribution is 2.22. The Morgan fingerprint density at radius 1 is 0.394 bits per heavy atom. The van der Waals surface area contributed by atoms with Crippen molar-refractivity contribution >= 4 is 17.7 Å². The number of hydrogen-bond donors (Lipinski definition) is 0. The Morgan fingerprint density at radius 3 is 0.788 bits per heavy atom. The maximum absolute atomic E-state index is 11.7. The van der Waals surface area contributed by atoms with Crippen LogP contribution in [0.2, 0.25) is 0 Å². The highest BCUT2D eigenvalue weighted by Gasteiger charge is 2.30. The lowest BCUT2D eigenvalue weighted by Gasteiger charge is -2.35. The maximum atomic E-state index is 11.7.